The molecule has 0 unspecified atom stereocenters. The van der Waals surface area contributed by atoms with Crippen molar-refractivity contribution in [3.05, 3.63) is 18.3 Å². The highest BCUT2D eigenvalue weighted by Crippen LogP contribution is 2.15. The van der Waals surface area contributed by atoms with E-state index in [0.717, 1.165) is 6.92 Å². The molecular formula is C8H12F2N4. The van der Waals surface area contributed by atoms with Crippen molar-refractivity contribution in [2.45, 2.75) is 12.8 Å². The van der Waals surface area contributed by atoms with Gasteiger partial charge >= 0.3 is 0 Å². The number of anilines is 2. The predicted molar refractivity (Wildman–Crippen MR) is 51.2 cm³/mol. The lowest BCUT2D eigenvalue weighted by Gasteiger charge is -2.12. The molecule has 0 spiro atoms. The topological polar surface area (TPSA) is 63.0 Å². The molecule has 1 aromatic heterocycles. The molecule has 0 radical (unpaired) electrons. The van der Waals surface area contributed by atoms with Crippen LogP contribution in [0.5, 0.6) is 0 Å². The Bertz CT molecular complexity index is 298. The van der Waals surface area contributed by atoms with Crippen molar-refractivity contribution in [2.24, 2.45) is 5.84 Å². The molecule has 1 heterocycles. The Morgan fingerprint density at radius 1 is 1.57 bits per heavy atom. The molecule has 0 aliphatic rings. The maximum atomic E-state index is 12.5. The molecule has 0 saturated heterocycles. The Hall–Kier alpha value is -1.43. The van der Waals surface area contributed by atoms with E-state index in [4.69, 9.17) is 5.84 Å². The van der Waals surface area contributed by atoms with Crippen molar-refractivity contribution in [3.8, 4) is 0 Å². The third kappa shape index (κ3) is 3.53. The first kappa shape index (κ1) is 10.6. The van der Waals surface area contributed by atoms with Gasteiger partial charge < -0.3 is 10.7 Å². The molecule has 0 bridgehead atoms. The van der Waals surface area contributed by atoms with Crippen LogP contribution in [0.3, 0.4) is 0 Å². The van der Waals surface area contributed by atoms with Gasteiger partial charge in [0.1, 0.15) is 5.82 Å². The van der Waals surface area contributed by atoms with Gasteiger partial charge in [-0.05, 0) is 6.07 Å². The summed E-state index contributed by atoms with van der Waals surface area (Å²) in [5.74, 6) is 2.80. The van der Waals surface area contributed by atoms with Gasteiger partial charge in [-0.25, -0.2) is 19.6 Å². The number of pyridine rings is 1. The number of nitrogens with zero attached hydrogens (tertiary/aromatic N) is 1. The van der Waals surface area contributed by atoms with Crippen LogP contribution in [0, 0.1) is 0 Å². The van der Waals surface area contributed by atoms with Crippen LogP contribution in [0.2, 0.25) is 0 Å². The summed E-state index contributed by atoms with van der Waals surface area (Å²) >= 11 is 0. The first-order valence-electron chi connectivity index (χ1n) is 4.05. The third-order valence-corrected chi connectivity index (χ3v) is 1.51. The monoisotopic (exact) mass is 202 g/mol. The standard InChI is InChI=1S/C8H12F2N4/c1-8(9,10)5-13-6-2-3-12-7(4-6)14-11/h2-4H,5,11H2,1H3,(H2,12,13,14). The molecule has 78 valence electrons. The van der Waals surface area contributed by atoms with Crippen LogP contribution in [0.1, 0.15) is 6.92 Å². The molecule has 1 aromatic rings. The predicted octanol–water partition coefficient (Wildman–Crippen LogP) is 1.43. The van der Waals surface area contributed by atoms with Crippen molar-refractivity contribution >= 4 is 11.5 Å². The van der Waals surface area contributed by atoms with E-state index in [1.54, 1.807) is 12.1 Å². The molecule has 0 atom stereocenters. The van der Waals surface area contributed by atoms with E-state index < -0.39 is 12.5 Å². The summed E-state index contributed by atoms with van der Waals surface area (Å²) in [7, 11) is 0. The van der Waals surface area contributed by atoms with Gasteiger partial charge in [0.25, 0.3) is 5.92 Å². The average molecular weight is 202 g/mol. The third-order valence-electron chi connectivity index (χ3n) is 1.51. The number of aromatic nitrogens is 1. The zero-order chi connectivity index (χ0) is 10.6. The number of hydrogen-bond acceptors (Lipinski definition) is 4. The molecule has 0 fully saturated rings. The molecule has 4 nitrogen and oxygen atoms in total. The first-order valence-corrected chi connectivity index (χ1v) is 4.05. The van der Waals surface area contributed by atoms with E-state index in [-0.39, 0.29) is 0 Å². The fraction of sp³-hybridized carbons (Fsp3) is 0.375. The molecule has 0 amide bonds. The largest absolute Gasteiger partial charge is 0.379 e. The number of nitrogens with one attached hydrogen (secondary N) is 2. The quantitative estimate of drug-likeness (QED) is 0.510. The highest BCUT2D eigenvalue weighted by molar-refractivity contribution is 5.51. The number of nitrogens with two attached hydrogens (primary N) is 1. The Balaban J connectivity index is 2.59. The maximum absolute atomic E-state index is 12.5. The Kier molecular flexibility index (Phi) is 3.19. The summed E-state index contributed by atoms with van der Waals surface area (Å²) < 4.78 is 24.9. The Morgan fingerprint density at radius 2 is 2.29 bits per heavy atom. The summed E-state index contributed by atoms with van der Waals surface area (Å²) in [6.07, 6.45) is 1.48. The molecule has 6 heteroatoms. The van der Waals surface area contributed by atoms with Crippen molar-refractivity contribution in [1.82, 2.24) is 4.98 Å². The molecule has 0 aromatic carbocycles. The van der Waals surface area contributed by atoms with E-state index in [1.807, 2.05) is 0 Å². The van der Waals surface area contributed by atoms with Crippen LogP contribution in [-0.2, 0) is 0 Å². The van der Waals surface area contributed by atoms with E-state index >= 15 is 0 Å². The number of alkyl halides is 2. The second kappa shape index (κ2) is 4.19. The van der Waals surface area contributed by atoms with E-state index in [9.17, 15) is 8.78 Å². The first-order chi connectivity index (χ1) is 6.51. The summed E-state index contributed by atoms with van der Waals surface area (Å²) in [4.78, 5) is 3.84. The second-order valence-electron chi connectivity index (χ2n) is 3.00. The minimum absolute atomic E-state index is 0.416. The maximum Gasteiger partial charge on any atom is 0.262 e. The van der Waals surface area contributed by atoms with E-state index in [1.165, 1.54) is 6.20 Å². The number of hydrazine groups is 1. The number of nitrogen functional groups attached to an aromatic ring is 1. The molecular weight excluding hydrogens is 190 g/mol. The van der Waals surface area contributed by atoms with E-state index in [2.05, 4.69) is 15.7 Å². The molecule has 0 aliphatic heterocycles. The molecule has 4 N–H and O–H groups in total. The van der Waals surface area contributed by atoms with Crippen molar-refractivity contribution in [2.75, 3.05) is 17.3 Å². The van der Waals surface area contributed by atoms with Crippen molar-refractivity contribution in [3.63, 3.8) is 0 Å². The van der Waals surface area contributed by atoms with Gasteiger partial charge in [-0.2, -0.15) is 0 Å². The molecule has 14 heavy (non-hydrogen) atoms. The number of halogens is 2. The van der Waals surface area contributed by atoms with Crippen LogP contribution in [-0.4, -0.2) is 17.5 Å². The van der Waals surface area contributed by atoms with Gasteiger partial charge in [-0.1, -0.05) is 0 Å². The Labute approximate surface area is 80.5 Å². The van der Waals surface area contributed by atoms with Crippen LogP contribution >= 0.6 is 0 Å². The summed E-state index contributed by atoms with van der Waals surface area (Å²) in [6, 6.07) is 3.14. The van der Waals surface area contributed by atoms with Gasteiger partial charge in [-0.3, -0.25) is 0 Å². The fourth-order valence-corrected chi connectivity index (χ4v) is 0.877. The van der Waals surface area contributed by atoms with Crippen molar-refractivity contribution < 1.29 is 8.78 Å². The molecule has 0 saturated carbocycles. The lowest BCUT2D eigenvalue weighted by molar-refractivity contribution is 0.0368. The zero-order valence-corrected chi connectivity index (χ0v) is 7.72. The van der Waals surface area contributed by atoms with Crippen molar-refractivity contribution in [1.29, 1.82) is 0 Å². The SMILES string of the molecule is CC(F)(F)CNc1ccnc(NN)c1. The van der Waals surface area contributed by atoms with E-state index in [0.29, 0.717) is 11.5 Å². The minimum atomic E-state index is -2.74. The fourth-order valence-electron chi connectivity index (χ4n) is 0.877. The lowest BCUT2D eigenvalue weighted by atomic mass is 10.3. The van der Waals surface area contributed by atoms with Gasteiger partial charge in [0.2, 0.25) is 0 Å². The number of rotatable bonds is 4. The summed E-state index contributed by atoms with van der Waals surface area (Å²) in [5, 5.41) is 2.57. The van der Waals surface area contributed by atoms with Gasteiger partial charge in [0.05, 0.1) is 6.54 Å². The Morgan fingerprint density at radius 3 is 2.86 bits per heavy atom. The normalized spacial score (nSPS) is 11.1. The van der Waals surface area contributed by atoms with Gasteiger partial charge in [-0.15, -0.1) is 0 Å². The van der Waals surface area contributed by atoms with Gasteiger partial charge in [0, 0.05) is 24.9 Å². The highest BCUT2D eigenvalue weighted by Gasteiger charge is 2.20. The molecule has 1 rings (SSSR count). The van der Waals surface area contributed by atoms with Crippen LogP contribution < -0.4 is 16.6 Å². The van der Waals surface area contributed by atoms with Crippen LogP contribution in [0.4, 0.5) is 20.3 Å². The second-order valence-corrected chi connectivity index (χ2v) is 3.00. The average Bonchev–Trinajstić information content (AvgIpc) is 2.14. The summed E-state index contributed by atoms with van der Waals surface area (Å²) in [5.41, 5.74) is 2.88. The summed E-state index contributed by atoms with van der Waals surface area (Å²) in [6.45, 7) is 0.435. The zero-order valence-electron chi connectivity index (χ0n) is 7.72. The molecule has 0 aliphatic carbocycles. The van der Waals surface area contributed by atoms with Crippen LogP contribution in [0.25, 0.3) is 0 Å². The highest BCUT2D eigenvalue weighted by atomic mass is 19.3. The smallest absolute Gasteiger partial charge is 0.262 e. The van der Waals surface area contributed by atoms with Crippen LogP contribution in [0.15, 0.2) is 18.3 Å². The minimum Gasteiger partial charge on any atom is -0.379 e. The van der Waals surface area contributed by atoms with Gasteiger partial charge in [0.15, 0.2) is 0 Å². The lowest BCUT2D eigenvalue weighted by Crippen LogP contribution is -2.22. The number of hydrogen-bond donors (Lipinski definition) is 3.